The number of ether oxygens (including phenoxy) is 3. The summed E-state index contributed by atoms with van der Waals surface area (Å²) >= 11 is 0. The molecule has 0 spiro atoms. The zero-order valence-corrected chi connectivity index (χ0v) is 19.9. The normalized spacial score (nSPS) is 18.2. The Hall–Kier alpha value is -3.09. The van der Waals surface area contributed by atoms with E-state index in [9.17, 15) is 13.2 Å². The molecule has 0 aliphatic carbocycles. The van der Waals surface area contributed by atoms with Gasteiger partial charge in [-0.15, -0.1) is 0 Å². The van der Waals surface area contributed by atoms with Crippen LogP contribution in [0.1, 0.15) is 38.5 Å². The minimum Gasteiger partial charge on any atom is -0.491 e. The highest BCUT2D eigenvalue weighted by atomic mass is 19.2. The van der Waals surface area contributed by atoms with Gasteiger partial charge >= 0.3 is 0 Å². The molecule has 3 aromatic rings. The topological polar surface area (TPSA) is 27.7 Å². The molecular weight excluding hydrogens is 453 g/mol. The predicted molar refractivity (Wildman–Crippen MR) is 131 cm³/mol. The Bertz CT molecular complexity index is 1170. The van der Waals surface area contributed by atoms with Crippen molar-refractivity contribution in [1.29, 1.82) is 0 Å². The standard InChI is InChI=1S/C29H29F3O3/c1-3-5-6-7-19-17-34-29(35-18-19)22-12-13-23(25(30)16-22)20-8-10-21(11-9-20)24-14-15-26(33-4-2)28(32)27(24)31/h3,5,8-16,19,29H,4,6-7,17-18H2,1-2H3/b5-3+. The van der Waals surface area contributed by atoms with E-state index in [1.54, 1.807) is 43.3 Å². The Balaban J connectivity index is 1.46. The molecule has 6 heteroatoms. The first-order valence-corrected chi connectivity index (χ1v) is 11.9. The maximum Gasteiger partial charge on any atom is 0.201 e. The lowest BCUT2D eigenvalue weighted by atomic mass is 9.98. The summed E-state index contributed by atoms with van der Waals surface area (Å²) < 4.78 is 60.5. The lowest BCUT2D eigenvalue weighted by Crippen LogP contribution is -2.27. The smallest absolute Gasteiger partial charge is 0.201 e. The molecule has 3 nitrogen and oxygen atoms in total. The van der Waals surface area contributed by atoms with Gasteiger partial charge in [-0.2, -0.15) is 4.39 Å². The molecular formula is C29H29F3O3. The van der Waals surface area contributed by atoms with Crippen molar-refractivity contribution in [2.75, 3.05) is 19.8 Å². The molecule has 1 aliphatic heterocycles. The Morgan fingerprint density at radius 3 is 2.17 bits per heavy atom. The van der Waals surface area contributed by atoms with E-state index in [4.69, 9.17) is 14.2 Å². The lowest BCUT2D eigenvalue weighted by molar-refractivity contribution is -0.205. The third kappa shape index (κ3) is 5.77. The first-order valence-electron chi connectivity index (χ1n) is 11.9. The largest absolute Gasteiger partial charge is 0.491 e. The van der Waals surface area contributed by atoms with E-state index in [2.05, 4.69) is 6.08 Å². The van der Waals surface area contributed by atoms with Crippen molar-refractivity contribution >= 4 is 0 Å². The molecule has 0 unspecified atom stereocenters. The fourth-order valence-electron chi connectivity index (χ4n) is 4.16. The highest BCUT2D eigenvalue weighted by Crippen LogP contribution is 2.33. The van der Waals surface area contributed by atoms with Crippen LogP contribution in [0.4, 0.5) is 13.2 Å². The van der Waals surface area contributed by atoms with Crippen molar-refractivity contribution in [2.45, 2.75) is 33.0 Å². The number of rotatable bonds is 8. The van der Waals surface area contributed by atoms with E-state index in [-0.39, 0.29) is 17.9 Å². The minimum atomic E-state index is -1.02. The van der Waals surface area contributed by atoms with Crippen LogP contribution in [0.15, 0.2) is 66.7 Å². The molecule has 0 bridgehead atoms. The molecule has 0 atom stereocenters. The van der Waals surface area contributed by atoms with Crippen molar-refractivity contribution in [2.24, 2.45) is 5.92 Å². The fraction of sp³-hybridized carbons (Fsp3) is 0.310. The van der Waals surface area contributed by atoms with Gasteiger partial charge in [-0.05, 0) is 56.0 Å². The van der Waals surface area contributed by atoms with Gasteiger partial charge in [0.15, 0.2) is 17.9 Å². The van der Waals surface area contributed by atoms with Gasteiger partial charge in [0.05, 0.1) is 19.8 Å². The summed E-state index contributed by atoms with van der Waals surface area (Å²) in [6.07, 6.45) is 5.55. The number of benzene rings is 3. The van der Waals surface area contributed by atoms with Gasteiger partial charge in [0.1, 0.15) is 5.82 Å². The van der Waals surface area contributed by atoms with Gasteiger partial charge in [-0.3, -0.25) is 0 Å². The third-order valence-corrected chi connectivity index (χ3v) is 6.06. The second kappa shape index (κ2) is 11.6. The number of hydrogen-bond donors (Lipinski definition) is 0. The van der Waals surface area contributed by atoms with E-state index < -0.39 is 23.7 Å². The number of hydrogen-bond acceptors (Lipinski definition) is 3. The zero-order valence-electron chi connectivity index (χ0n) is 19.9. The summed E-state index contributed by atoms with van der Waals surface area (Å²) in [6.45, 7) is 5.10. The highest BCUT2D eigenvalue weighted by Gasteiger charge is 2.24. The second-order valence-corrected chi connectivity index (χ2v) is 8.50. The quantitative estimate of drug-likeness (QED) is 0.306. The average molecular weight is 483 g/mol. The highest BCUT2D eigenvalue weighted by molar-refractivity contribution is 5.71. The molecule has 0 amide bonds. The van der Waals surface area contributed by atoms with Crippen LogP contribution in [0, 0.1) is 23.4 Å². The van der Waals surface area contributed by atoms with Crippen molar-refractivity contribution in [3.05, 3.63) is 89.8 Å². The Labute approximate surface area is 204 Å². The summed E-state index contributed by atoms with van der Waals surface area (Å²) in [5.74, 6) is -2.19. The van der Waals surface area contributed by atoms with Gasteiger partial charge in [0.2, 0.25) is 5.82 Å². The molecule has 35 heavy (non-hydrogen) atoms. The van der Waals surface area contributed by atoms with E-state index in [1.807, 2.05) is 13.0 Å². The van der Waals surface area contributed by atoms with E-state index in [0.29, 0.717) is 41.4 Å². The third-order valence-electron chi connectivity index (χ3n) is 6.06. The maximum atomic E-state index is 15.0. The molecule has 1 fully saturated rings. The van der Waals surface area contributed by atoms with Gasteiger partial charge in [-0.1, -0.05) is 48.6 Å². The molecule has 4 rings (SSSR count). The lowest BCUT2D eigenvalue weighted by Gasteiger charge is -2.29. The molecule has 1 saturated heterocycles. The molecule has 0 radical (unpaired) electrons. The molecule has 0 aromatic heterocycles. The van der Waals surface area contributed by atoms with Crippen LogP contribution >= 0.6 is 0 Å². The number of allylic oxidation sites excluding steroid dienone is 2. The predicted octanol–water partition coefficient (Wildman–Crippen LogP) is 7.85. The Kier molecular flexibility index (Phi) is 8.26. The molecule has 0 N–H and O–H groups in total. The molecule has 1 aliphatic rings. The van der Waals surface area contributed by atoms with Crippen molar-refractivity contribution in [1.82, 2.24) is 0 Å². The fourth-order valence-corrected chi connectivity index (χ4v) is 4.16. The van der Waals surface area contributed by atoms with Crippen LogP contribution in [0.25, 0.3) is 22.3 Å². The second-order valence-electron chi connectivity index (χ2n) is 8.50. The summed E-state index contributed by atoms with van der Waals surface area (Å²) in [4.78, 5) is 0. The van der Waals surface area contributed by atoms with Crippen LogP contribution < -0.4 is 4.74 Å². The van der Waals surface area contributed by atoms with Gasteiger partial charge in [0.25, 0.3) is 0 Å². The van der Waals surface area contributed by atoms with Crippen LogP contribution in [0.2, 0.25) is 0 Å². The van der Waals surface area contributed by atoms with Crippen molar-refractivity contribution in [3.8, 4) is 28.0 Å². The van der Waals surface area contributed by atoms with Crippen molar-refractivity contribution in [3.63, 3.8) is 0 Å². The summed E-state index contributed by atoms with van der Waals surface area (Å²) in [6, 6.07) is 14.4. The molecule has 0 saturated carbocycles. The van der Waals surface area contributed by atoms with Crippen molar-refractivity contribution < 1.29 is 27.4 Å². The first kappa shape index (κ1) is 25.0. The molecule has 3 aromatic carbocycles. The monoisotopic (exact) mass is 482 g/mol. The van der Waals surface area contributed by atoms with E-state index >= 15 is 0 Å². The minimum absolute atomic E-state index is 0.115. The Morgan fingerprint density at radius 1 is 0.886 bits per heavy atom. The van der Waals surface area contributed by atoms with Gasteiger partial charge in [0, 0.05) is 22.6 Å². The van der Waals surface area contributed by atoms with E-state index in [0.717, 1.165) is 12.8 Å². The van der Waals surface area contributed by atoms with Crippen LogP contribution in [-0.2, 0) is 9.47 Å². The Morgan fingerprint density at radius 2 is 1.54 bits per heavy atom. The molecule has 184 valence electrons. The summed E-state index contributed by atoms with van der Waals surface area (Å²) in [7, 11) is 0. The summed E-state index contributed by atoms with van der Waals surface area (Å²) in [5.41, 5.74) is 2.25. The van der Waals surface area contributed by atoms with Gasteiger partial charge < -0.3 is 14.2 Å². The van der Waals surface area contributed by atoms with E-state index in [1.165, 1.54) is 18.2 Å². The van der Waals surface area contributed by atoms with Gasteiger partial charge in [-0.25, -0.2) is 8.78 Å². The van der Waals surface area contributed by atoms with Crippen LogP contribution in [-0.4, -0.2) is 19.8 Å². The SMILES string of the molecule is C/C=C/CCC1COC(c2ccc(-c3ccc(-c4ccc(OCC)c(F)c4F)cc3)c(F)c2)OC1. The maximum absolute atomic E-state index is 15.0. The first-order chi connectivity index (χ1) is 17.0. The zero-order chi connectivity index (χ0) is 24.8. The number of halogens is 3. The summed E-state index contributed by atoms with van der Waals surface area (Å²) in [5, 5.41) is 0. The molecule has 1 heterocycles. The van der Waals surface area contributed by atoms with Crippen LogP contribution in [0.3, 0.4) is 0 Å². The van der Waals surface area contributed by atoms with Crippen LogP contribution in [0.5, 0.6) is 5.75 Å². The average Bonchev–Trinajstić information content (AvgIpc) is 2.88.